The molecule has 3 N–H and O–H groups in total. The number of nitro benzene ring substituents is 1. The number of hydrogen-bond acceptors (Lipinski definition) is 6. The molecule has 0 unspecified atom stereocenters. The summed E-state index contributed by atoms with van der Waals surface area (Å²) in [5.41, 5.74) is 1.39. The topological polar surface area (TPSA) is 148 Å². The lowest BCUT2D eigenvalue weighted by molar-refractivity contribution is -0.385. The van der Waals surface area contributed by atoms with E-state index in [1.165, 1.54) is 18.2 Å². The van der Waals surface area contributed by atoms with Crippen molar-refractivity contribution in [2.45, 2.75) is 31.5 Å². The lowest BCUT2D eigenvalue weighted by atomic mass is 10.0. The van der Waals surface area contributed by atoms with Gasteiger partial charge in [0.15, 0.2) is 0 Å². The monoisotopic (exact) mass is 491 g/mol. The fraction of sp³-hybridized carbons (Fsp3) is 0.192. The van der Waals surface area contributed by atoms with Crippen molar-refractivity contribution in [2.75, 3.05) is 0 Å². The molecule has 2 atom stereocenters. The van der Waals surface area contributed by atoms with Gasteiger partial charge in [-0.15, -0.1) is 0 Å². The summed E-state index contributed by atoms with van der Waals surface area (Å²) in [6.07, 6.45) is -1.08. The molecule has 0 aliphatic heterocycles. The number of alkyl carbamates (subject to hydrolysis) is 1. The highest BCUT2D eigenvalue weighted by Gasteiger charge is 2.29. The molecule has 0 saturated heterocycles. The lowest BCUT2D eigenvalue weighted by Gasteiger charge is -2.21. The number of nitro groups is 1. The molecule has 2 amide bonds. The van der Waals surface area contributed by atoms with Crippen LogP contribution in [0, 0.1) is 10.1 Å². The number of aliphatic carboxylic acids is 1. The molecule has 0 spiro atoms. The van der Waals surface area contributed by atoms with Crippen molar-refractivity contribution in [3.05, 3.63) is 112 Å². The molecule has 36 heavy (non-hydrogen) atoms. The number of nitrogens with zero attached hydrogens (tertiary/aromatic N) is 1. The number of amides is 2. The lowest BCUT2D eigenvalue weighted by Crippen LogP contribution is -2.53. The first-order valence-corrected chi connectivity index (χ1v) is 11.1. The van der Waals surface area contributed by atoms with Crippen molar-refractivity contribution in [2.24, 2.45) is 0 Å². The van der Waals surface area contributed by atoms with E-state index >= 15 is 0 Å². The Kier molecular flexibility index (Phi) is 9.10. The van der Waals surface area contributed by atoms with Crippen LogP contribution in [0.3, 0.4) is 0 Å². The first-order chi connectivity index (χ1) is 17.3. The highest BCUT2D eigenvalue weighted by atomic mass is 16.6. The van der Waals surface area contributed by atoms with E-state index in [9.17, 15) is 29.6 Å². The van der Waals surface area contributed by atoms with Gasteiger partial charge in [0.1, 0.15) is 18.7 Å². The quantitative estimate of drug-likeness (QED) is 0.275. The van der Waals surface area contributed by atoms with Gasteiger partial charge in [0.2, 0.25) is 5.91 Å². The normalized spacial score (nSPS) is 12.1. The Morgan fingerprint density at radius 1 is 0.806 bits per heavy atom. The van der Waals surface area contributed by atoms with E-state index in [-0.39, 0.29) is 30.7 Å². The first kappa shape index (κ1) is 25.9. The third-order valence-electron chi connectivity index (χ3n) is 5.33. The molecule has 0 heterocycles. The second-order valence-electron chi connectivity index (χ2n) is 7.94. The van der Waals surface area contributed by atoms with Crippen LogP contribution in [0.1, 0.15) is 16.7 Å². The van der Waals surface area contributed by atoms with Gasteiger partial charge in [-0.1, -0.05) is 78.9 Å². The van der Waals surface area contributed by atoms with Crippen LogP contribution < -0.4 is 10.6 Å². The SMILES string of the molecule is O=C(N[C@H](Cc1ccccc1)C(=O)N[C@@H](Cc1ccccc1[N+](=O)[O-])C(=O)O)OCc1ccccc1. The Hall–Kier alpha value is -4.73. The molecule has 0 bridgehead atoms. The smallest absolute Gasteiger partial charge is 0.408 e. The minimum absolute atomic E-state index is 0.0121. The number of carboxylic acid groups (broad SMARTS) is 1. The summed E-state index contributed by atoms with van der Waals surface area (Å²) < 4.78 is 5.22. The number of nitrogens with one attached hydrogen (secondary N) is 2. The molecule has 3 aromatic rings. The van der Waals surface area contributed by atoms with Crippen molar-refractivity contribution in [3.63, 3.8) is 0 Å². The Labute approximate surface area is 207 Å². The van der Waals surface area contributed by atoms with Crippen LogP contribution in [0.25, 0.3) is 0 Å². The summed E-state index contributed by atoms with van der Waals surface area (Å²) >= 11 is 0. The molecule has 0 saturated carbocycles. The maximum absolute atomic E-state index is 13.1. The standard InChI is InChI=1S/C26H25N3O7/c30-24(27-22(25(31)32)16-20-13-7-8-14-23(20)29(34)35)21(15-18-9-3-1-4-10-18)28-26(33)36-17-19-11-5-2-6-12-19/h1-14,21-22H,15-17H2,(H,27,30)(H,28,33)(H,31,32)/t21-,22+/m1/s1. The summed E-state index contributed by atoms with van der Waals surface area (Å²) in [6.45, 7) is -0.0121. The van der Waals surface area contributed by atoms with Crippen LogP contribution in [-0.4, -0.2) is 40.1 Å². The van der Waals surface area contributed by atoms with Crippen molar-refractivity contribution in [1.29, 1.82) is 0 Å². The minimum Gasteiger partial charge on any atom is -0.480 e. The van der Waals surface area contributed by atoms with E-state index in [0.29, 0.717) is 0 Å². The van der Waals surface area contributed by atoms with E-state index in [0.717, 1.165) is 11.1 Å². The largest absolute Gasteiger partial charge is 0.480 e. The number of hydrogen-bond donors (Lipinski definition) is 3. The summed E-state index contributed by atoms with van der Waals surface area (Å²) in [7, 11) is 0. The maximum Gasteiger partial charge on any atom is 0.408 e. The Balaban J connectivity index is 1.73. The van der Waals surface area contributed by atoms with E-state index in [1.807, 2.05) is 6.07 Å². The van der Waals surface area contributed by atoms with Crippen molar-refractivity contribution in [3.8, 4) is 0 Å². The van der Waals surface area contributed by atoms with Gasteiger partial charge >= 0.3 is 12.1 Å². The number of carbonyl (C=O) groups excluding carboxylic acids is 2. The molecule has 10 heteroatoms. The van der Waals surface area contributed by atoms with Gasteiger partial charge in [-0.3, -0.25) is 14.9 Å². The Morgan fingerprint density at radius 2 is 1.39 bits per heavy atom. The molecule has 0 radical (unpaired) electrons. The van der Waals surface area contributed by atoms with Gasteiger partial charge in [-0.2, -0.15) is 0 Å². The molecule has 0 aromatic heterocycles. The van der Waals surface area contributed by atoms with Crippen LogP contribution >= 0.6 is 0 Å². The molecule has 3 aromatic carbocycles. The average Bonchev–Trinajstić information content (AvgIpc) is 2.88. The number of rotatable bonds is 11. The van der Waals surface area contributed by atoms with Gasteiger partial charge in [0.25, 0.3) is 5.69 Å². The summed E-state index contributed by atoms with van der Waals surface area (Å²) in [6, 6.07) is 20.9. The Bertz CT molecular complexity index is 1200. The highest BCUT2D eigenvalue weighted by Crippen LogP contribution is 2.19. The average molecular weight is 492 g/mol. The van der Waals surface area contributed by atoms with Crippen LogP contribution in [0.15, 0.2) is 84.9 Å². The number of carbonyl (C=O) groups is 3. The molecule has 0 fully saturated rings. The zero-order chi connectivity index (χ0) is 25.9. The van der Waals surface area contributed by atoms with Crippen LogP contribution in [0.5, 0.6) is 0 Å². The second-order valence-corrected chi connectivity index (χ2v) is 7.94. The summed E-state index contributed by atoms with van der Waals surface area (Å²) in [5.74, 6) is -2.13. The van der Waals surface area contributed by atoms with Gasteiger partial charge < -0.3 is 20.5 Å². The van der Waals surface area contributed by atoms with Crippen molar-refractivity contribution < 1.29 is 29.2 Å². The van der Waals surface area contributed by atoms with Crippen LogP contribution in [-0.2, 0) is 33.8 Å². The zero-order valence-electron chi connectivity index (χ0n) is 19.2. The summed E-state index contributed by atoms with van der Waals surface area (Å²) in [4.78, 5) is 48.1. The van der Waals surface area contributed by atoms with E-state index in [4.69, 9.17) is 4.74 Å². The predicted octanol–water partition coefficient (Wildman–Crippen LogP) is 3.24. The third-order valence-corrected chi connectivity index (χ3v) is 5.33. The van der Waals surface area contributed by atoms with E-state index in [2.05, 4.69) is 10.6 Å². The summed E-state index contributed by atoms with van der Waals surface area (Å²) in [5, 5.41) is 25.9. The molecular weight excluding hydrogens is 466 g/mol. The molecular formula is C26H25N3O7. The highest BCUT2D eigenvalue weighted by molar-refractivity contribution is 5.89. The van der Waals surface area contributed by atoms with Crippen molar-refractivity contribution >= 4 is 23.7 Å². The third kappa shape index (κ3) is 7.66. The maximum atomic E-state index is 13.1. The van der Waals surface area contributed by atoms with Gasteiger partial charge in [0, 0.05) is 24.5 Å². The molecule has 0 aliphatic carbocycles. The molecule has 0 aliphatic rings. The van der Waals surface area contributed by atoms with Crippen LogP contribution in [0.4, 0.5) is 10.5 Å². The number of benzene rings is 3. The van der Waals surface area contributed by atoms with Gasteiger partial charge in [0.05, 0.1) is 4.92 Å². The first-order valence-electron chi connectivity index (χ1n) is 11.1. The number of para-hydroxylation sites is 1. The van der Waals surface area contributed by atoms with Gasteiger partial charge in [-0.05, 0) is 11.1 Å². The number of carboxylic acids is 1. The molecule has 3 rings (SSSR count). The predicted molar refractivity (Wildman–Crippen MR) is 130 cm³/mol. The van der Waals surface area contributed by atoms with Gasteiger partial charge in [-0.25, -0.2) is 9.59 Å². The zero-order valence-corrected chi connectivity index (χ0v) is 19.2. The minimum atomic E-state index is -1.46. The second kappa shape index (κ2) is 12.7. The molecule has 186 valence electrons. The number of ether oxygens (including phenoxy) is 1. The van der Waals surface area contributed by atoms with E-state index in [1.54, 1.807) is 60.7 Å². The van der Waals surface area contributed by atoms with Crippen molar-refractivity contribution in [1.82, 2.24) is 10.6 Å². The van der Waals surface area contributed by atoms with E-state index < -0.39 is 35.0 Å². The fourth-order valence-electron chi connectivity index (χ4n) is 3.52. The molecule has 10 nitrogen and oxygen atoms in total. The fourth-order valence-corrected chi connectivity index (χ4v) is 3.52. The Morgan fingerprint density at radius 3 is 2.00 bits per heavy atom. The van der Waals surface area contributed by atoms with Crippen LogP contribution in [0.2, 0.25) is 0 Å².